The van der Waals surface area contributed by atoms with Gasteiger partial charge in [0.1, 0.15) is 5.69 Å². The number of benzene rings is 2. The minimum atomic E-state index is 0.715. The molecule has 1 heterocycles. The number of hydrogen-bond acceptors (Lipinski definition) is 4. The summed E-state index contributed by atoms with van der Waals surface area (Å²) in [5.41, 5.74) is 3.04. The number of para-hydroxylation sites is 1. The first kappa shape index (κ1) is 15.7. The van der Waals surface area contributed by atoms with Gasteiger partial charge in [-0.2, -0.15) is 5.10 Å². The quantitative estimate of drug-likeness (QED) is 0.517. The van der Waals surface area contributed by atoms with Crippen molar-refractivity contribution in [2.75, 3.05) is 12.1 Å². The summed E-state index contributed by atoms with van der Waals surface area (Å²) in [5, 5.41) is 14.4. The normalized spacial score (nSPS) is 11.4. The summed E-state index contributed by atoms with van der Waals surface area (Å²) in [6, 6.07) is 20.2. The van der Waals surface area contributed by atoms with Gasteiger partial charge in [-0.1, -0.05) is 53.7 Å². The fraction of sp³-hybridized carbons (Fsp3) is 0.105. The van der Waals surface area contributed by atoms with Gasteiger partial charge in [0.25, 0.3) is 0 Å². The topological polar surface area (TPSA) is 46.3 Å². The lowest BCUT2D eigenvalue weighted by Crippen LogP contribution is -2.07. The molecule has 0 fully saturated rings. The molecule has 3 rings (SSSR count). The van der Waals surface area contributed by atoms with E-state index >= 15 is 0 Å². The lowest BCUT2D eigenvalue weighted by atomic mass is 10.2. The SMILES string of the molecule is CN(/N=C\C=C\c1cn(Cc2ccccc2)nn1)c1ccccc1. The predicted molar refractivity (Wildman–Crippen MR) is 97.9 cm³/mol. The summed E-state index contributed by atoms with van der Waals surface area (Å²) in [4.78, 5) is 0. The van der Waals surface area contributed by atoms with Crippen molar-refractivity contribution in [3.63, 3.8) is 0 Å². The number of nitrogens with zero attached hydrogens (tertiary/aromatic N) is 5. The van der Waals surface area contributed by atoms with Crippen LogP contribution in [0.2, 0.25) is 0 Å². The van der Waals surface area contributed by atoms with Crippen molar-refractivity contribution in [1.82, 2.24) is 15.0 Å². The van der Waals surface area contributed by atoms with Gasteiger partial charge in [-0.3, -0.25) is 5.01 Å². The van der Waals surface area contributed by atoms with Crippen LogP contribution in [0.5, 0.6) is 0 Å². The molecule has 0 aliphatic carbocycles. The van der Waals surface area contributed by atoms with E-state index in [2.05, 4.69) is 27.5 Å². The maximum atomic E-state index is 4.35. The van der Waals surface area contributed by atoms with Crippen molar-refractivity contribution in [1.29, 1.82) is 0 Å². The third-order valence-corrected chi connectivity index (χ3v) is 3.47. The van der Waals surface area contributed by atoms with E-state index in [1.165, 1.54) is 5.56 Å². The number of anilines is 1. The van der Waals surface area contributed by atoms with Gasteiger partial charge in [-0.15, -0.1) is 5.10 Å². The van der Waals surface area contributed by atoms with Crippen molar-refractivity contribution >= 4 is 18.0 Å². The van der Waals surface area contributed by atoms with Crippen molar-refractivity contribution in [3.8, 4) is 0 Å². The fourth-order valence-corrected chi connectivity index (χ4v) is 2.23. The van der Waals surface area contributed by atoms with Crippen molar-refractivity contribution in [2.24, 2.45) is 5.10 Å². The molecule has 24 heavy (non-hydrogen) atoms. The molecule has 0 atom stereocenters. The van der Waals surface area contributed by atoms with Crippen molar-refractivity contribution in [3.05, 3.63) is 84.2 Å². The average molecular weight is 317 g/mol. The smallest absolute Gasteiger partial charge is 0.105 e. The van der Waals surface area contributed by atoms with E-state index in [9.17, 15) is 0 Å². The monoisotopic (exact) mass is 317 g/mol. The Morgan fingerprint density at radius 1 is 1.04 bits per heavy atom. The number of rotatable bonds is 6. The molecule has 5 heteroatoms. The molecule has 0 saturated carbocycles. The molecule has 0 N–H and O–H groups in total. The molecular weight excluding hydrogens is 298 g/mol. The zero-order valence-electron chi connectivity index (χ0n) is 13.5. The van der Waals surface area contributed by atoms with Gasteiger partial charge < -0.3 is 0 Å². The summed E-state index contributed by atoms with van der Waals surface area (Å²) >= 11 is 0. The van der Waals surface area contributed by atoms with Gasteiger partial charge in [0.15, 0.2) is 0 Å². The van der Waals surface area contributed by atoms with Gasteiger partial charge in [-0.05, 0) is 29.8 Å². The Morgan fingerprint density at radius 3 is 2.50 bits per heavy atom. The van der Waals surface area contributed by atoms with Gasteiger partial charge >= 0.3 is 0 Å². The van der Waals surface area contributed by atoms with Gasteiger partial charge in [0, 0.05) is 13.3 Å². The van der Waals surface area contributed by atoms with Crippen LogP contribution >= 0.6 is 0 Å². The lowest BCUT2D eigenvalue weighted by molar-refractivity contribution is 0.649. The Kier molecular flexibility index (Phi) is 5.14. The van der Waals surface area contributed by atoms with Crippen LogP contribution in [0.3, 0.4) is 0 Å². The molecular formula is C19H19N5. The standard InChI is InChI=1S/C19H19N5/c1-23(19-12-6-3-7-13-19)20-14-8-11-18-16-24(22-21-18)15-17-9-4-2-5-10-17/h2-14,16H,15H2,1H3/b11-8+,20-14-. The molecule has 0 aliphatic rings. The number of hydrogen-bond donors (Lipinski definition) is 0. The highest BCUT2D eigenvalue weighted by Gasteiger charge is 1.98. The van der Waals surface area contributed by atoms with Crippen LogP contribution in [-0.2, 0) is 6.54 Å². The zero-order valence-corrected chi connectivity index (χ0v) is 13.5. The number of aromatic nitrogens is 3. The van der Waals surface area contributed by atoms with Crippen LogP contribution < -0.4 is 5.01 Å². The maximum Gasteiger partial charge on any atom is 0.105 e. The summed E-state index contributed by atoms with van der Waals surface area (Å²) < 4.78 is 1.82. The molecule has 0 unspecified atom stereocenters. The molecule has 2 aromatic carbocycles. The highest BCUT2D eigenvalue weighted by atomic mass is 15.4. The minimum absolute atomic E-state index is 0.715. The largest absolute Gasteiger partial charge is 0.269 e. The van der Waals surface area contributed by atoms with E-state index in [1.54, 1.807) is 6.21 Å². The van der Waals surface area contributed by atoms with E-state index in [0.717, 1.165) is 11.4 Å². The Morgan fingerprint density at radius 2 is 1.75 bits per heavy atom. The lowest BCUT2D eigenvalue weighted by Gasteiger charge is -2.11. The van der Waals surface area contributed by atoms with Gasteiger partial charge in [-0.25, -0.2) is 4.68 Å². The van der Waals surface area contributed by atoms with Crippen LogP contribution in [0.4, 0.5) is 5.69 Å². The molecule has 3 aromatic rings. The number of allylic oxidation sites excluding steroid dienone is 1. The van der Waals surface area contributed by atoms with E-state index in [0.29, 0.717) is 6.54 Å². The Hall–Kier alpha value is -3.21. The highest BCUT2D eigenvalue weighted by molar-refractivity contribution is 5.78. The van der Waals surface area contributed by atoms with Gasteiger partial charge in [0.2, 0.25) is 0 Å². The molecule has 0 spiro atoms. The first-order valence-electron chi connectivity index (χ1n) is 7.75. The first-order chi connectivity index (χ1) is 11.8. The predicted octanol–water partition coefficient (Wildman–Crippen LogP) is 3.46. The second-order valence-electron chi connectivity index (χ2n) is 5.31. The minimum Gasteiger partial charge on any atom is -0.269 e. The third kappa shape index (κ3) is 4.39. The van der Waals surface area contributed by atoms with E-state index < -0.39 is 0 Å². The van der Waals surface area contributed by atoms with Crippen molar-refractivity contribution < 1.29 is 0 Å². The second kappa shape index (κ2) is 7.87. The average Bonchev–Trinajstić information content (AvgIpc) is 3.07. The van der Waals surface area contributed by atoms with E-state index in [-0.39, 0.29) is 0 Å². The summed E-state index contributed by atoms with van der Waals surface area (Å²) in [5.74, 6) is 0. The molecule has 0 aliphatic heterocycles. The Bertz CT molecular complexity index is 806. The number of hydrazone groups is 1. The van der Waals surface area contributed by atoms with Crippen LogP contribution in [-0.4, -0.2) is 28.3 Å². The summed E-state index contributed by atoms with van der Waals surface area (Å²) in [7, 11) is 1.91. The van der Waals surface area contributed by atoms with E-state index in [4.69, 9.17) is 0 Å². The molecule has 0 amide bonds. The van der Waals surface area contributed by atoms with Crippen molar-refractivity contribution in [2.45, 2.75) is 6.54 Å². The Labute approximate surface area is 141 Å². The third-order valence-electron chi connectivity index (χ3n) is 3.47. The van der Waals surface area contributed by atoms with E-state index in [1.807, 2.05) is 83.6 Å². The van der Waals surface area contributed by atoms with Crippen LogP contribution in [0.15, 0.2) is 78.0 Å². The molecule has 5 nitrogen and oxygen atoms in total. The van der Waals surface area contributed by atoms with Gasteiger partial charge in [0.05, 0.1) is 18.4 Å². The fourth-order valence-electron chi connectivity index (χ4n) is 2.23. The molecule has 0 saturated heterocycles. The zero-order chi connectivity index (χ0) is 16.6. The molecule has 0 radical (unpaired) electrons. The maximum absolute atomic E-state index is 4.35. The van der Waals surface area contributed by atoms with Crippen LogP contribution in [0.25, 0.3) is 6.08 Å². The molecule has 1 aromatic heterocycles. The second-order valence-corrected chi connectivity index (χ2v) is 5.31. The molecule has 0 bridgehead atoms. The molecule has 120 valence electrons. The first-order valence-corrected chi connectivity index (χ1v) is 7.75. The highest BCUT2D eigenvalue weighted by Crippen LogP contribution is 2.10. The Balaban J connectivity index is 1.56. The summed E-state index contributed by atoms with van der Waals surface area (Å²) in [6.45, 7) is 0.715. The van der Waals surface area contributed by atoms with Crippen LogP contribution in [0, 0.1) is 0 Å². The van der Waals surface area contributed by atoms with Crippen LogP contribution in [0.1, 0.15) is 11.3 Å². The summed E-state index contributed by atoms with van der Waals surface area (Å²) in [6.07, 6.45) is 7.40.